The second-order valence-electron chi connectivity index (χ2n) is 10.1. The molecule has 1 aromatic heterocycles. The topological polar surface area (TPSA) is 88.6 Å². The number of ether oxygens (including phenoxy) is 2. The summed E-state index contributed by atoms with van der Waals surface area (Å²) in [5.41, 5.74) is 2.04. The SMILES string of the molecule is CC1(C(=O)NC2CCC(COc3ccnc(Nc4ccc(N5CCOCC5)cc4)n3)CC2)CC1. The number of carbonyl (C=O) groups is 1. The number of hydrogen-bond acceptors (Lipinski definition) is 7. The van der Waals surface area contributed by atoms with E-state index in [1.165, 1.54) is 5.69 Å². The Kier molecular flexibility index (Phi) is 6.85. The largest absolute Gasteiger partial charge is 0.477 e. The number of nitrogens with zero attached hydrogens (tertiary/aromatic N) is 3. The Morgan fingerprint density at radius 1 is 1.12 bits per heavy atom. The fraction of sp³-hybridized carbons (Fsp3) is 0.577. The molecular formula is C26H35N5O3. The third-order valence-electron chi connectivity index (χ3n) is 7.33. The van der Waals surface area contributed by atoms with E-state index in [0.717, 1.165) is 70.5 Å². The molecule has 0 bridgehead atoms. The first-order valence-corrected chi connectivity index (χ1v) is 12.5. The molecule has 1 amide bonds. The summed E-state index contributed by atoms with van der Waals surface area (Å²) in [7, 11) is 0. The number of carbonyl (C=O) groups excluding carboxylic acids is 1. The number of hydrogen-bond donors (Lipinski definition) is 2. The van der Waals surface area contributed by atoms with Gasteiger partial charge in [0.1, 0.15) is 0 Å². The van der Waals surface area contributed by atoms with Crippen molar-refractivity contribution in [1.29, 1.82) is 0 Å². The highest BCUT2D eigenvalue weighted by Gasteiger charge is 2.45. The van der Waals surface area contributed by atoms with Gasteiger partial charge in [0.15, 0.2) is 0 Å². The van der Waals surface area contributed by atoms with Crippen LogP contribution < -0.4 is 20.3 Å². The molecule has 2 aliphatic carbocycles. The maximum Gasteiger partial charge on any atom is 0.230 e. The Morgan fingerprint density at radius 3 is 2.56 bits per heavy atom. The van der Waals surface area contributed by atoms with Gasteiger partial charge in [0.25, 0.3) is 0 Å². The van der Waals surface area contributed by atoms with Crippen LogP contribution >= 0.6 is 0 Å². The molecular weight excluding hydrogens is 430 g/mol. The number of aromatic nitrogens is 2. The minimum atomic E-state index is -0.0938. The Labute approximate surface area is 201 Å². The Morgan fingerprint density at radius 2 is 1.85 bits per heavy atom. The molecule has 2 saturated carbocycles. The second kappa shape index (κ2) is 10.2. The zero-order valence-corrected chi connectivity index (χ0v) is 20.0. The number of anilines is 3. The van der Waals surface area contributed by atoms with E-state index in [0.29, 0.717) is 30.4 Å². The summed E-state index contributed by atoms with van der Waals surface area (Å²) in [6.07, 6.45) is 7.94. The normalized spacial score (nSPS) is 23.7. The first-order valence-electron chi connectivity index (χ1n) is 12.5. The maximum atomic E-state index is 12.3. The standard InChI is InChI=1S/C26H35N5O3/c1-26(11-12-26)24(32)28-20-4-2-19(3-5-20)18-34-23-10-13-27-25(30-23)29-21-6-8-22(9-7-21)31-14-16-33-17-15-31/h6-10,13,19-20H,2-5,11-12,14-18H2,1H3,(H,28,32)(H,27,29,30). The van der Waals surface area contributed by atoms with Gasteiger partial charge in [0, 0.05) is 48.2 Å². The first-order chi connectivity index (χ1) is 16.6. The van der Waals surface area contributed by atoms with Crippen LogP contribution in [0, 0.1) is 11.3 Å². The van der Waals surface area contributed by atoms with Crippen LogP contribution in [0.5, 0.6) is 5.88 Å². The number of nitrogens with one attached hydrogen (secondary N) is 2. The lowest BCUT2D eigenvalue weighted by Gasteiger charge is -2.29. The molecule has 0 atom stereocenters. The Hall–Kier alpha value is -2.87. The minimum Gasteiger partial charge on any atom is -0.477 e. The molecule has 0 radical (unpaired) electrons. The molecule has 1 aromatic carbocycles. The average molecular weight is 466 g/mol. The molecule has 34 heavy (non-hydrogen) atoms. The van der Waals surface area contributed by atoms with Crippen LogP contribution in [-0.4, -0.2) is 54.8 Å². The number of rotatable bonds is 8. The maximum absolute atomic E-state index is 12.3. The van der Waals surface area contributed by atoms with E-state index >= 15 is 0 Å². The fourth-order valence-electron chi connectivity index (χ4n) is 4.64. The first kappa shape index (κ1) is 22.9. The predicted octanol–water partition coefficient (Wildman–Crippen LogP) is 3.91. The van der Waals surface area contributed by atoms with Gasteiger partial charge in [0.05, 0.1) is 19.8 Å². The van der Waals surface area contributed by atoms with E-state index in [1.807, 2.05) is 12.1 Å². The van der Waals surface area contributed by atoms with Crippen molar-refractivity contribution in [2.45, 2.75) is 51.5 Å². The van der Waals surface area contributed by atoms with Crippen molar-refractivity contribution in [3.05, 3.63) is 36.5 Å². The summed E-state index contributed by atoms with van der Waals surface area (Å²) >= 11 is 0. The highest BCUT2D eigenvalue weighted by Crippen LogP contribution is 2.45. The molecule has 8 heteroatoms. The summed E-state index contributed by atoms with van der Waals surface area (Å²) in [4.78, 5) is 23.5. The summed E-state index contributed by atoms with van der Waals surface area (Å²) in [5, 5.41) is 6.52. The molecule has 0 spiro atoms. The zero-order valence-electron chi connectivity index (χ0n) is 20.0. The predicted molar refractivity (Wildman–Crippen MR) is 132 cm³/mol. The molecule has 2 N–H and O–H groups in total. The van der Waals surface area contributed by atoms with Gasteiger partial charge in [-0.1, -0.05) is 6.92 Å². The zero-order chi connectivity index (χ0) is 23.4. The van der Waals surface area contributed by atoms with Gasteiger partial charge in [-0.15, -0.1) is 0 Å². The van der Waals surface area contributed by atoms with Gasteiger partial charge in [-0.2, -0.15) is 4.98 Å². The van der Waals surface area contributed by atoms with Crippen LogP contribution in [0.25, 0.3) is 0 Å². The van der Waals surface area contributed by atoms with E-state index in [4.69, 9.17) is 9.47 Å². The van der Waals surface area contributed by atoms with Crippen molar-refractivity contribution < 1.29 is 14.3 Å². The number of benzene rings is 1. The molecule has 2 heterocycles. The summed E-state index contributed by atoms with van der Waals surface area (Å²) in [6.45, 7) is 6.10. The molecule has 1 aliphatic heterocycles. The lowest BCUT2D eigenvalue weighted by Crippen LogP contribution is -2.41. The molecule has 182 valence electrons. The van der Waals surface area contributed by atoms with Crippen LogP contribution in [-0.2, 0) is 9.53 Å². The number of amides is 1. The van der Waals surface area contributed by atoms with E-state index in [9.17, 15) is 4.79 Å². The van der Waals surface area contributed by atoms with E-state index in [-0.39, 0.29) is 11.3 Å². The third kappa shape index (κ3) is 5.78. The van der Waals surface area contributed by atoms with Crippen LogP contribution in [0.2, 0.25) is 0 Å². The van der Waals surface area contributed by atoms with Crippen molar-refractivity contribution in [2.75, 3.05) is 43.1 Å². The minimum absolute atomic E-state index is 0.0938. The van der Waals surface area contributed by atoms with Gasteiger partial charge in [0.2, 0.25) is 17.7 Å². The van der Waals surface area contributed by atoms with Crippen molar-refractivity contribution in [3.63, 3.8) is 0 Å². The van der Waals surface area contributed by atoms with E-state index in [1.54, 1.807) is 12.3 Å². The van der Waals surface area contributed by atoms with Crippen molar-refractivity contribution in [1.82, 2.24) is 15.3 Å². The fourth-order valence-corrected chi connectivity index (χ4v) is 4.64. The van der Waals surface area contributed by atoms with Gasteiger partial charge in [-0.3, -0.25) is 4.79 Å². The van der Waals surface area contributed by atoms with Gasteiger partial charge in [-0.25, -0.2) is 4.98 Å². The van der Waals surface area contributed by atoms with E-state index in [2.05, 4.69) is 44.6 Å². The molecule has 8 nitrogen and oxygen atoms in total. The molecule has 5 rings (SSSR count). The lowest BCUT2D eigenvalue weighted by molar-refractivity contribution is -0.126. The lowest BCUT2D eigenvalue weighted by atomic mass is 9.86. The van der Waals surface area contributed by atoms with Crippen LogP contribution in [0.15, 0.2) is 36.5 Å². The average Bonchev–Trinajstić information content (AvgIpc) is 3.63. The van der Waals surface area contributed by atoms with Gasteiger partial charge in [-0.05, 0) is 68.7 Å². The summed E-state index contributed by atoms with van der Waals surface area (Å²) < 4.78 is 11.4. The quantitative estimate of drug-likeness (QED) is 0.611. The summed E-state index contributed by atoms with van der Waals surface area (Å²) in [6, 6.07) is 10.4. The van der Waals surface area contributed by atoms with Crippen LogP contribution in [0.4, 0.5) is 17.3 Å². The van der Waals surface area contributed by atoms with Gasteiger partial charge >= 0.3 is 0 Å². The molecule has 3 aliphatic rings. The Balaban J connectivity index is 1.07. The monoisotopic (exact) mass is 465 g/mol. The summed E-state index contributed by atoms with van der Waals surface area (Å²) in [5.74, 6) is 1.84. The second-order valence-corrected chi connectivity index (χ2v) is 10.1. The van der Waals surface area contributed by atoms with Crippen molar-refractivity contribution in [3.8, 4) is 5.88 Å². The molecule has 2 aromatic rings. The highest BCUT2D eigenvalue weighted by atomic mass is 16.5. The van der Waals surface area contributed by atoms with E-state index < -0.39 is 0 Å². The smallest absolute Gasteiger partial charge is 0.230 e. The molecule has 3 fully saturated rings. The van der Waals surface area contributed by atoms with Gasteiger partial charge < -0.3 is 25.0 Å². The molecule has 0 unspecified atom stereocenters. The highest BCUT2D eigenvalue weighted by molar-refractivity contribution is 5.85. The van der Waals surface area contributed by atoms with Crippen molar-refractivity contribution in [2.24, 2.45) is 11.3 Å². The van der Waals surface area contributed by atoms with Crippen LogP contribution in [0.3, 0.4) is 0 Å². The third-order valence-corrected chi connectivity index (χ3v) is 7.33. The molecule has 1 saturated heterocycles. The van der Waals surface area contributed by atoms with Crippen molar-refractivity contribution >= 4 is 23.2 Å². The number of morpholine rings is 1. The Bertz CT molecular complexity index is 965. The van der Waals surface area contributed by atoms with Crippen LogP contribution in [0.1, 0.15) is 45.4 Å².